The lowest BCUT2D eigenvalue weighted by atomic mass is 9.86. The molecule has 32 heteroatoms. The lowest BCUT2D eigenvalue weighted by molar-refractivity contribution is -0.450. The van der Waals surface area contributed by atoms with Crippen molar-refractivity contribution in [1.82, 2.24) is 0 Å². The summed E-state index contributed by atoms with van der Waals surface area (Å²) < 4.78 is 392. The molecule has 0 aromatic carbocycles. The van der Waals surface area contributed by atoms with Crippen molar-refractivity contribution in [3.8, 4) is 0 Å². The largest absolute Gasteiger partial charge is 0.460 e. The Kier molecular flexibility index (Phi) is 10.7. The number of carbonyl (C=O) groups is 2. The molecule has 0 bridgehead atoms. The summed E-state index contributed by atoms with van der Waals surface area (Å²) in [5.41, 5.74) is 0. The molecule has 0 rings (SSSR count). The quantitative estimate of drug-likeness (QED) is 0.130. The standard InChI is InChI=1S/C17H2F30O2/c18-4(19,6(22,23)8(26,27)10(30,31)12(34,35)14(38,39)16(42,43)44)2(48)1-3(49)5(20,21)7(24,25)9(28,29)11(32,33)13(36,37)15(40,41)17(45,46)47/h1H2. The Labute approximate surface area is 244 Å². The Hall–Kier alpha value is -2.76. The zero-order chi connectivity index (χ0) is 40.9. The highest BCUT2D eigenvalue weighted by molar-refractivity contribution is 6.06. The first-order valence-corrected chi connectivity index (χ1v) is 10.3. The number of alkyl halides is 30. The molecule has 0 saturated heterocycles. The van der Waals surface area contributed by atoms with Crippen molar-refractivity contribution >= 4 is 11.6 Å². The Morgan fingerprint density at radius 1 is 0.245 bits per heavy atom. The van der Waals surface area contributed by atoms with Crippen LogP contribution in [-0.2, 0) is 9.59 Å². The van der Waals surface area contributed by atoms with Crippen LogP contribution in [0.5, 0.6) is 0 Å². The van der Waals surface area contributed by atoms with Crippen LogP contribution in [0, 0.1) is 0 Å². The smallest absolute Gasteiger partial charge is 0.292 e. The summed E-state index contributed by atoms with van der Waals surface area (Å²) in [5.74, 6) is -117. The van der Waals surface area contributed by atoms with Gasteiger partial charge in [-0.1, -0.05) is 0 Å². The third kappa shape index (κ3) is 5.75. The van der Waals surface area contributed by atoms with Crippen LogP contribution in [0.4, 0.5) is 132 Å². The van der Waals surface area contributed by atoms with Gasteiger partial charge in [-0.15, -0.1) is 0 Å². The van der Waals surface area contributed by atoms with Gasteiger partial charge in [0.25, 0.3) is 0 Å². The summed E-state index contributed by atoms with van der Waals surface area (Å²) in [6.07, 6.45) is -21.0. The number of ketones is 2. The lowest BCUT2D eigenvalue weighted by Crippen LogP contribution is -2.74. The molecule has 0 aromatic heterocycles. The summed E-state index contributed by atoms with van der Waals surface area (Å²) in [6.45, 7) is 0. The molecule has 0 N–H and O–H groups in total. The van der Waals surface area contributed by atoms with Gasteiger partial charge < -0.3 is 0 Å². The highest BCUT2D eigenvalue weighted by Gasteiger charge is 2.96. The minimum atomic E-state index is -9.21. The van der Waals surface area contributed by atoms with Crippen LogP contribution in [0.2, 0.25) is 0 Å². The predicted molar refractivity (Wildman–Crippen MR) is 86.1 cm³/mol. The Balaban J connectivity index is 6.98. The molecule has 0 aliphatic heterocycles. The fourth-order valence-corrected chi connectivity index (χ4v) is 2.65. The Morgan fingerprint density at radius 3 is 0.551 bits per heavy atom. The summed E-state index contributed by atoms with van der Waals surface area (Å²) >= 11 is 0. The van der Waals surface area contributed by atoms with Crippen LogP contribution in [0.1, 0.15) is 6.42 Å². The van der Waals surface area contributed by atoms with Gasteiger partial charge >= 0.3 is 83.4 Å². The topological polar surface area (TPSA) is 34.1 Å². The van der Waals surface area contributed by atoms with Crippen LogP contribution in [-0.4, -0.2) is 95.0 Å². The lowest BCUT2D eigenvalue weighted by Gasteiger charge is -2.41. The van der Waals surface area contributed by atoms with Crippen molar-refractivity contribution in [2.75, 3.05) is 0 Å². The van der Waals surface area contributed by atoms with E-state index in [1.54, 1.807) is 0 Å². The SMILES string of the molecule is O=C(CC(=O)C(F)(F)C(F)(F)C(F)(F)C(F)(F)C(F)(F)C(F)(F)C(F)(F)F)C(F)(F)C(F)(F)C(F)(F)C(F)(F)C(F)(F)C(F)(F)C(F)(F)F. The molecule has 0 radical (unpaired) electrons. The van der Waals surface area contributed by atoms with Gasteiger partial charge in [0.2, 0.25) is 11.6 Å². The molecule has 49 heavy (non-hydrogen) atoms. The molecular formula is C17H2F30O2. The van der Waals surface area contributed by atoms with Gasteiger partial charge in [-0.3, -0.25) is 9.59 Å². The van der Waals surface area contributed by atoms with Crippen LogP contribution < -0.4 is 0 Å². The average molecular weight is 808 g/mol. The monoisotopic (exact) mass is 808 g/mol. The summed E-state index contributed by atoms with van der Waals surface area (Å²) in [4.78, 5) is 22.2. The number of hydrogen-bond acceptors (Lipinski definition) is 2. The van der Waals surface area contributed by atoms with Crippen LogP contribution in [0.25, 0.3) is 0 Å². The third-order valence-corrected chi connectivity index (χ3v) is 5.68. The van der Waals surface area contributed by atoms with Gasteiger partial charge in [0.1, 0.15) is 0 Å². The van der Waals surface area contributed by atoms with Crippen molar-refractivity contribution in [3.05, 3.63) is 0 Å². The molecule has 0 amide bonds. The maximum absolute atomic E-state index is 13.7. The van der Waals surface area contributed by atoms with Gasteiger partial charge in [0, 0.05) is 0 Å². The molecule has 0 aromatic rings. The van der Waals surface area contributed by atoms with Crippen molar-refractivity contribution in [3.63, 3.8) is 0 Å². The number of Topliss-reactive ketones (excluding diaryl/α,β-unsaturated/α-hetero) is 2. The molecule has 0 heterocycles. The molecule has 292 valence electrons. The number of halogens is 30. The van der Waals surface area contributed by atoms with E-state index in [1.807, 2.05) is 0 Å². The van der Waals surface area contributed by atoms with E-state index in [0.717, 1.165) is 0 Å². The van der Waals surface area contributed by atoms with Crippen molar-refractivity contribution in [2.45, 2.75) is 89.8 Å². The first kappa shape index (κ1) is 46.2. The highest BCUT2D eigenvalue weighted by atomic mass is 19.4. The molecule has 0 aliphatic carbocycles. The minimum Gasteiger partial charge on any atom is -0.292 e. The first-order chi connectivity index (χ1) is 20.5. The molecule has 0 aliphatic rings. The van der Waals surface area contributed by atoms with Gasteiger partial charge in [0.15, 0.2) is 0 Å². The van der Waals surface area contributed by atoms with Crippen molar-refractivity contribution in [1.29, 1.82) is 0 Å². The molecule has 0 unspecified atom stereocenters. The van der Waals surface area contributed by atoms with E-state index in [4.69, 9.17) is 0 Å². The van der Waals surface area contributed by atoms with Crippen LogP contribution in [0.3, 0.4) is 0 Å². The number of hydrogen-bond donors (Lipinski definition) is 0. The number of rotatable bonds is 14. The zero-order valence-corrected chi connectivity index (χ0v) is 20.9. The van der Waals surface area contributed by atoms with E-state index >= 15 is 0 Å². The normalized spacial score (nSPS) is 16.6. The second kappa shape index (κ2) is 11.4. The van der Waals surface area contributed by atoms with Crippen LogP contribution >= 0.6 is 0 Å². The zero-order valence-electron chi connectivity index (χ0n) is 20.9. The molecular weight excluding hydrogens is 806 g/mol. The van der Waals surface area contributed by atoms with E-state index < -0.39 is 101 Å². The van der Waals surface area contributed by atoms with E-state index in [0.29, 0.717) is 0 Å². The molecule has 0 saturated carbocycles. The van der Waals surface area contributed by atoms with Gasteiger partial charge in [-0.05, 0) is 0 Å². The Morgan fingerprint density at radius 2 is 0.388 bits per heavy atom. The second-order valence-electron chi connectivity index (χ2n) is 8.91. The molecule has 0 spiro atoms. The Bertz CT molecular complexity index is 1170. The van der Waals surface area contributed by atoms with Gasteiger partial charge in [-0.25, -0.2) is 0 Å². The fraction of sp³-hybridized carbons (Fsp3) is 0.882. The van der Waals surface area contributed by atoms with Gasteiger partial charge in [0.05, 0.1) is 6.42 Å². The third-order valence-electron chi connectivity index (χ3n) is 5.68. The van der Waals surface area contributed by atoms with E-state index in [2.05, 4.69) is 0 Å². The summed E-state index contributed by atoms with van der Waals surface area (Å²) in [5, 5.41) is 0. The molecule has 0 fully saturated rings. The average Bonchev–Trinajstić information content (AvgIpc) is 2.85. The number of carbonyl (C=O) groups excluding carboxylic acids is 2. The fourth-order valence-electron chi connectivity index (χ4n) is 2.65. The summed E-state index contributed by atoms with van der Waals surface area (Å²) in [6, 6.07) is 0. The maximum atomic E-state index is 13.7. The van der Waals surface area contributed by atoms with E-state index in [-0.39, 0.29) is 0 Å². The van der Waals surface area contributed by atoms with E-state index in [9.17, 15) is 141 Å². The van der Waals surface area contributed by atoms with Crippen molar-refractivity contribution in [2.24, 2.45) is 0 Å². The molecule has 0 atom stereocenters. The van der Waals surface area contributed by atoms with Crippen LogP contribution in [0.15, 0.2) is 0 Å². The maximum Gasteiger partial charge on any atom is 0.460 e. The minimum absolute atomic E-state index is 4.70. The van der Waals surface area contributed by atoms with Crippen molar-refractivity contribution < 1.29 is 141 Å². The summed E-state index contributed by atoms with van der Waals surface area (Å²) in [7, 11) is 0. The van der Waals surface area contributed by atoms with Gasteiger partial charge in [-0.2, -0.15) is 132 Å². The highest BCUT2D eigenvalue weighted by Crippen LogP contribution is 2.64. The second-order valence-corrected chi connectivity index (χ2v) is 8.91. The predicted octanol–water partition coefficient (Wildman–Crippen LogP) is 9.26. The van der Waals surface area contributed by atoms with E-state index in [1.165, 1.54) is 0 Å². The molecule has 2 nitrogen and oxygen atoms in total. The first-order valence-electron chi connectivity index (χ1n) is 10.3.